The zero-order valence-electron chi connectivity index (χ0n) is 44.9. The molecule has 5 N–H and O–H groups in total. The first-order valence-corrected chi connectivity index (χ1v) is 28.2. The van der Waals surface area contributed by atoms with Gasteiger partial charge in [0.25, 0.3) is 11.8 Å². The molecule has 0 atom stereocenters. The Morgan fingerprint density at radius 1 is 0.671 bits per heavy atom. The Hall–Kier alpha value is -6.70. The summed E-state index contributed by atoms with van der Waals surface area (Å²) in [5.41, 5.74) is 8.91. The van der Waals surface area contributed by atoms with Gasteiger partial charge in [-0.25, -0.2) is 19.6 Å². The largest absolute Gasteiger partial charge is 0.489 e. The summed E-state index contributed by atoms with van der Waals surface area (Å²) in [5, 5.41) is 12.0. The molecule has 0 radical (unpaired) electrons. The standard InChI is InChI=1S/C26H28ClFN2O4.C14H11FO2.C10H13ClN2O2.C8H18O2Si.2CH4/c1-18(2)34-25-12-7-21(15-24(25)27)26(32)29-30(13-14-31)16-19-5-10-23(11-6-19)33-17-20-3-8-22(28)9-4-20;15-13-5-1-12(2-6-13)10-17-14-7-3-11(9-16)4-8-14;1-6(2)15-9-4-3-7(5-8(9)11)10(14)13-12;1-8(2,3)11(4,5)10-7-6-9;;/h3-12,15,18,31H,13-14,16-17H2,1-2H3,(H,29,32);1-9H,10H2;3-6H,12H2,1-2H3,(H,13,14);6H,7H2,1-5H3;2*1H4. The summed E-state index contributed by atoms with van der Waals surface area (Å²) in [6.07, 6.45) is 1.61. The van der Waals surface area contributed by atoms with Crippen molar-refractivity contribution in [3.63, 3.8) is 0 Å². The normalized spacial score (nSPS) is 10.7. The molecular formula is C60H78Cl2F2N4O10Si. The molecule has 19 heteroatoms. The van der Waals surface area contributed by atoms with E-state index in [1.54, 1.807) is 83.9 Å². The molecular weight excluding hydrogens is 1070 g/mol. The summed E-state index contributed by atoms with van der Waals surface area (Å²) in [5.74, 6) is 6.15. The van der Waals surface area contributed by atoms with Crippen LogP contribution in [-0.2, 0) is 29.0 Å². The Labute approximate surface area is 476 Å². The number of hydrogen-bond acceptors (Lipinski definition) is 12. The molecule has 6 aromatic carbocycles. The summed E-state index contributed by atoms with van der Waals surface area (Å²) in [6, 6.07) is 36.2. The van der Waals surface area contributed by atoms with E-state index < -0.39 is 8.32 Å². The lowest BCUT2D eigenvalue weighted by molar-refractivity contribution is -0.109. The van der Waals surface area contributed by atoms with E-state index in [4.69, 9.17) is 52.4 Å². The number of hydrazine groups is 2. The molecule has 0 aliphatic heterocycles. The van der Waals surface area contributed by atoms with Crippen molar-refractivity contribution in [3.05, 3.63) is 189 Å². The lowest BCUT2D eigenvalue weighted by Crippen LogP contribution is -2.43. The Balaban J connectivity index is 0.000000581. The number of nitrogens with one attached hydrogen (secondary N) is 2. The van der Waals surface area contributed by atoms with Crippen molar-refractivity contribution in [2.24, 2.45) is 5.84 Å². The molecule has 2 amide bonds. The van der Waals surface area contributed by atoms with Crippen LogP contribution in [0.5, 0.6) is 23.0 Å². The second-order valence-electron chi connectivity index (χ2n) is 19.1. The van der Waals surface area contributed by atoms with E-state index in [0.29, 0.717) is 69.5 Å². The fraction of sp³-hybridized carbons (Fsp3) is 0.333. The zero-order chi connectivity index (χ0) is 57.1. The average Bonchev–Trinajstić information content (AvgIpc) is 3.39. The second kappa shape index (κ2) is 35.7. The third kappa shape index (κ3) is 26.2. The molecule has 6 rings (SSSR count). The van der Waals surface area contributed by atoms with E-state index in [0.717, 1.165) is 29.3 Å². The van der Waals surface area contributed by atoms with Gasteiger partial charge in [0.2, 0.25) is 0 Å². The number of benzene rings is 6. The lowest BCUT2D eigenvalue weighted by atomic mass is 10.2. The minimum atomic E-state index is -1.66. The molecule has 0 bridgehead atoms. The lowest BCUT2D eigenvalue weighted by Gasteiger charge is -2.35. The van der Waals surface area contributed by atoms with E-state index in [1.807, 2.05) is 57.4 Å². The minimum Gasteiger partial charge on any atom is -0.489 e. The SMILES string of the molecule is C.C.CC(C)(C)[Si](C)(C)OCC=O.CC(C)Oc1ccc(C(=O)NN(CCO)Cc2ccc(OCc3ccc(F)cc3)cc2)cc1Cl.CC(C)Oc1ccc(C(=O)NN)cc1Cl.O=Cc1ccc(OCc2ccc(F)cc2)cc1. The Morgan fingerprint density at radius 3 is 1.46 bits per heavy atom. The number of rotatable bonds is 21. The summed E-state index contributed by atoms with van der Waals surface area (Å²) >= 11 is 12.2. The summed E-state index contributed by atoms with van der Waals surface area (Å²) in [6.45, 7) is 19.8. The first-order valence-electron chi connectivity index (χ1n) is 24.5. The number of aliphatic hydroxyl groups is 1. The molecule has 0 aromatic heterocycles. The maximum absolute atomic E-state index is 13.0. The monoisotopic (exact) mass is 1150 g/mol. The van der Waals surface area contributed by atoms with Crippen LogP contribution in [-0.4, -0.2) is 74.8 Å². The third-order valence-electron chi connectivity index (χ3n) is 11.1. The Kier molecular flexibility index (Phi) is 31.8. The predicted octanol–water partition coefficient (Wildman–Crippen LogP) is 13.4. The summed E-state index contributed by atoms with van der Waals surface area (Å²) in [7, 11) is -1.66. The highest BCUT2D eigenvalue weighted by Crippen LogP contribution is 2.36. The number of nitrogen functional groups attached to an aromatic ring is 1. The van der Waals surface area contributed by atoms with Crippen LogP contribution in [0.3, 0.4) is 0 Å². The third-order valence-corrected chi connectivity index (χ3v) is 16.2. The molecule has 0 heterocycles. The van der Waals surface area contributed by atoms with Crippen LogP contribution in [0.2, 0.25) is 28.2 Å². The van der Waals surface area contributed by atoms with Gasteiger partial charge in [0.15, 0.2) is 8.32 Å². The van der Waals surface area contributed by atoms with Crippen molar-refractivity contribution in [2.75, 3.05) is 19.8 Å². The summed E-state index contributed by atoms with van der Waals surface area (Å²) < 4.78 is 53.4. The van der Waals surface area contributed by atoms with Gasteiger partial charge in [-0.15, -0.1) is 0 Å². The van der Waals surface area contributed by atoms with Crippen molar-refractivity contribution in [2.45, 2.75) is 113 Å². The number of hydrogen-bond donors (Lipinski definition) is 4. The zero-order valence-corrected chi connectivity index (χ0v) is 47.4. The van der Waals surface area contributed by atoms with Crippen molar-refractivity contribution in [1.82, 2.24) is 15.9 Å². The first-order chi connectivity index (χ1) is 36.5. The van der Waals surface area contributed by atoms with Gasteiger partial charge in [0.05, 0.1) is 35.5 Å². The number of carbonyl (C=O) groups is 4. The molecule has 0 saturated carbocycles. The molecule has 0 aliphatic carbocycles. The van der Waals surface area contributed by atoms with Gasteiger partial charge in [0.1, 0.15) is 60.4 Å². The van der Waals surface area contributed by atoms with E-state index in [2.05, 4.69) is 39.3 Å². The highest BCUT2D eigenvalue weighted by atomic mass is 35.5. The number of aliphatic hydroxyl groups excluding tert-OH is 1. The maximum Gasteiger partial charge on any atom is 0.265 e. The van der Waals surface area contributed by atoms with Gasteiger partial charge in [0, 0.05) is 29.8 Å². The first kappa shape index (κ1) is 70.3. The molecule has 0 saturated heterocycles. The van der Waals surface area contributed by atoms with Crippen LogP contribution in [0.25, 0.3) is 0 Å². The maximum atomic E-state index is 13.0. The van der Waals surface area contributed by atoms with Gasteiger partial charge in [-0.3, -0.25) is 25.2 Å². The number of halogens is 4. The van der Waals surface area contributed by atoms with Gasteiger partial charge < -0.3 is 33.3 Å². The second-order valence-corrected chi connectivity index (χ2v) is 24.7. The highest BCUT2D eigenvalue weighted by molar-refractivity contribution is 6.74. The molecule has 0 fully saturated rings. The fourth-order valence-corrected chi connectivity index (χ4v) is 7.45. The van der Waals surface area contributed by atoms with Crippen LogP contribution >= 0.6 is 23.2 Å². The Morgan fingerprint density at radius 2 is 1.09 bits per heavy atom. The van der Waals surface area contributed by atoms with Gasteiger partial charge in [-0.2, -0.15) is 0 Å². The molecule has 6 aromatic rings. The van der Waals surface area contributed by atoms with Gasteiger partial charge in [-0.1, -0.05) is 95.2 Å². The number of ether oxygens (including phenoxy) is 4. The fourth-order valence-electron chi connectivity index (χ4n) is 6.08. The number of amides is 2. The number of nitrogens with zero attached hydrogens (tertiary/aromatic N) is 1. The number of nitrogens with two attached hydrogens (primary N) is 1. The van der Waals surface area contributed by atoms with Crippen LogP contribution < -0.4 is 35.6 Å². The van der Waals surface area contributed by atoms with Crippen molar-refractivity contribution in [1.29, 1.82) is 0 Å². The quantitative estimate of drug-likeness (QED) is 0.0176. The van der Waals surface area contributed by atoms with Crippen molar-refractivity contribution in [3.8, 4) is 23.0 Å². The van der Waals surface area contributed by atoms with Crippen LogP contribution in [0.1, 0.15) is 111 Å². The summed E-state index contributed by atoms with van der Waals surface area (Å²) in [4.78, 5) is 44.4. The van der Waals surface area contributed by atoms with Gasteiger partial charge in [-0.05, 0) is 160 Å². The number of aldehydes is 2. The molecule has 14 nitrogen and oxygen atoms in total. The van der Waals surface area contributed by atoms with Crippen LogP contribution in [0.15, 0.2) is 133 Å². The van der Waals surface area contributed by atoms with Crippen LogP contribution in [0.4, 0.5) is 8.78 Å². The van der Waals surface area contributed by atoms with Crippen molar-refractivity contribution < 1.29 is 56.4 Å². The van der Waals surface area contributed by atoms with E-state index in [9.17, 15) is 33.1 Å². The van der Waals surface area contributed by atoms with Gasteiger partial charge >= 0.3 is 0 Å². The molecule has 0 spiro atoms. The molecule has 0 aliphatic rings. The minimum absolute atomic E-state index is 0. The van der Waals surface area contributed by atoms with Crippen molar-refractivity contribution >= 4 is 55.9 Å². The Bertz CT molecular complexity index is 2750. The van der Waals surface area contributed by atoms with E-state index in [-0.39, 0.29) is 75.3 Å². The molecule has 79 heavy (non-hydrogen) atoms. The number of carbonyl (C=O) groups excluding carboxylic acids is 4. The molecule has 430 valence electrons. The van der Waals surface area contributed by atoms with Crippen LogP contribution in [0, 0.1) is 11.6 Å². The average molecular weight is 1150 g/mol. The van der Waals surface area contributed by atoms with E-state index in [1.165, 1.54) is 30.3 Å². The topological polar surface area (TPSA) is 188 Å². The molecule has 0 unspecified atom stereocenters. The highest BCUT2D eigenvalue weighted by Gasteiger charge is 2.36. The predicted molar refractivity (Wildman–Crippen MR) is 313 cm³/mol. The van der Waals surface area contributed by atoms with E-state index >= 15 is 0 Å². The smallest absolute Gasteiger partial charge is 0.265 e.